The molecule has 0 unspecified atom stereocenters. The Balaban J connectivity index is 2.06. The van der Waals surface area contributed by atoms with Crippen LogP contribution in [0.5, 0.6) is 5.75 Å². The molecule has 5 nitrogen and oxygen atoms in total. The normalized spacial score (nSPS) is 10.3. The topological polar surface area (TPSA) is 62.4 Å². The Bertz CT molecular complexity index is 666. The van der Waals surface area contributed by atoms with Crippen molar-refractivity contribution in [2.24, 2.45) is 0 Å². The summed E-state index contributed by atoms with van der Waals surface area (Å²) < 4.78 is 5.36. The van der Waals surface area contributed by atoms with Crippen LogP contribution in [0.25, 0.3) is 0 Å². The Morgan fingerprint density at radius 3 is 2.30 bits per heavy atom. The van der Waals surface area contributed by atoms with Crippen LogP contribution in [0.1, 0.15) is 19.4 Å². The highest BCUT2D eigenvalue weighted by Gasteiger charge is 2.05. The van der Waals surface area contributed by atoms with E-state index in [1.165, 1.54) is 0 Å². The van der Waals surface area contributed by atoms with Crippen LogP contribution in [-0.4, -0.2) is 19.2 Å². The van der Waals surface area contributed by atoms with Gasteiger partial charge >= 0.3 is 6.03 Å². The molecule has 23 heavy (non-hydrogen) atoms. The molecule has 2 rings (SSSR count). The van der Waals surface area contributed by atoms with Gasteiger partial charge in [0, 0.05) is 17.4 Å². The fourth-order valence-corrected chi connectivity index (χ4v) is 2.14. The van der Waals surface area contributed by atoms with E-state index in [1.807, 2.05) is 63.2 Å². The van der Waals surface area contributed by atoms with Gasteiger partial charge in [0.2, 0.25) is 0 Å². The van der Waals surface area contributed by atoms with Crippen molar-refractivity contribution in [2.75, 3.05) is 17.7 Å². The predicted octanol–water partition coefficient (Wildman–Crippen LogP) is 4.28. The number of ether oxygens (including phenoxy) is 1. The molecule has 0 heterocycles. The lowest BCUT2D eigenvalue weighted by Gasteiger charge is -2.13. The van der Waals surface area contributed by atoms with Crippen LogP contribution >= 0.6 is 0 Å². The second kappa shape index (κ2) is 7.54. The standard InChI is InChI=1S/C18H23N3O2/c1-12(2)19-18(22)21-15-8-6-14(7-9-15)20-16-11-13(3)5-10-17(16)23-4/h5-12,20H,1-4H3,(H2,19,21,22). The third-order valence-corrected chi connectivity index (χ3v) is 3.20. The molecule has 122 valence electrons. The lowest BCUT2D eigenvalue weighted by Crippen LogP contribution is -2.34. The Morgan fingerprint density at radius 1 is 1.04 bits per heavy atom. The first-order chi connectivity index (χ1) is 11.0. The number of nitrogens with one attached hydrogen (secondary N) is 3. The van der Waals surface area contributed by atoms with Crippen molar-refractivity contribution in [1.82, 2.24) is 5.32 Å². The number of rotatable bonds is 5. The van der Waals surface area contributed by atoms with Gasteiger partial charge < -0.3 is 20.7 Å². The van der Waals surface area contributed by atoms with Gasteiger partial charge in [-0.2, -0.15) is 0 Å². The number of methoxy groups -OCH3 is 1. The average molecular weight is 313 g/mol. The van der Waals surface area contributed by atoms with Gasteiger partial charge in [0.05, 0.1) is 12.8 Å². The number of hydrogen-bond donors (Lipinski definition) is 3. The van der Waals surface area contributed by atoms with Crippen LogP contribution in [0.3, 0.4) is 0 Å². The first-order valence-corrected chi connectivity index (χ1v) is 7.57. The van der Waals surface area contributed by atoms with E-state index in [4.69, 9.17) is 4.74 Å². The summed E-state index contributed by atoms with van der Waals surface area (Å²) in [5.41, 5.74) is 3.72. The van der Waals surface area contributed by atoms with Gasteiger partial charge in [0.25, 0.3) is 0 Å². The van der Waals surface area contributed by atoms with E-state index >= 15 is 0 Å². The van der Waals surface area contributed by atoms with E-state index in [9.17, 15) is 4.79 Å². The first kappa shape index (κ1) is 16.7. The van der Waals surface area contributed by atoms with Crippen LogP contribution in [0.4, 0.5) is 21.9 Å². The summed E-state index contributed by atoms with van der Waals surface area (Å²) in [6.07, 6.45) is 0. The van der Waals surface area contributed by atoms with E-state index in [0.29, 0.717) is 0 Å². The summed E-state index contributed by atoms with van der Waals surface area (Å²) in [6, 6.07) is 13.4. The molecule has 0 spiro atoms. The van der Waals surface area contributed by atoms with Crippen molar-refractivity contribution < 1.29 is 9.53 Å². The Kier molecular flexibility index (Phi) is 5.46. The number of hydrogen-bond acceptors (Lipinski definition) is 3. The molecule has 3 N–H and O–H groups in total. The molecule has 0 atom stereocenters. The molecule has 0 aliphatic rings. The molecule has 2 aromatic carbocycles. The summed E-state index contributed by atoms with van der Waals surface area (Å²) in [4.78, 5) is 11.7. The zero-order valence-electron chi connectivity index (χ0n) is 13.9. The maximum Gasteiger partial charge on any atom is 0.319 e. The summed E-state index contributed by atoms with van der Waals surface area (Å²) in [6.45, 7) is 5.87. The summed E-state index contributed by atoms with van der Waals surface area (Å²) >= 11 is 0. The first-order valence-electron chi connectivity index (χ1n) is 7.57. The van der Waals surface area contributed by atoms with E-state index in [1.54, 1.807) is 7.11 Å². The highest BCUT2D eigenvalue weighted by molar-refractivity contribution is 5.89. The number of carbonyl (C=O) groups excluding carboxylic acids is 1. The average Bonchev–Trinajstić information content (AvgIpc) is 2.48. The number of carbonyl (C=O) groups is 1. The second-order valence-electron chi connectivity index (χ2n) is 5.66. The monoisotopic (exact) mass is 313 g/mol. The largest absolute Gasteiger partial charge is 0.495 e. The van der Waals surface area contributed by atoms with Crippen LogP contribution in [0.15, 0.2) is 42.5 Å². The van der Waals surface area contributed by atoms with Crippen molar-refractivity contribution in [3.05, 3.63) is 48.0 Å². The zero-order chi connectivity index (χ0) is 16.8. The quantitative estimate of drug-likeness (QED) is 0.772. The summed E-state index contributed by atoms with van der Waals surface area (Å²) in [5, 5.41) is 8.90. The van der Waals surface area contributed by atoms with Crippen molar-refractivity contribution in [3.8, 4) is 5.75 Å². The smallest absolute Gasteiger partial charge is 0.319 e. The molecule has 0 aromatic heterocycles. The Labute approximate surface area is 137 Å². The van der Waals surface area contributed by atoms with E-state index in [2.05, 4.69) is 16.0 Å². The van der Waals surface area contributed by atoms with Crippen molar-refractivity contribution >= 4 is 23.1 Å². The fraction of sp³-hybridized carbons (Fsp3) is 0.278. The van der Waals surface area contributed by atoms with E-state index < -0.39 is 0 Å². The molecule has 0 radical (unpaired) electrons. The highest BCUT2D eigenvalue weighted by Crippen LogP contribution is 2.29. The lowest BCUT2D eigenvalue weighted by molar-refractivity contribution is 0.250. The maximum atomic E-state index is 11.7. The summed E-state index contributed by atoms with van der Waals surface area (Å²) in [5.74, 6) is 0.786. The Hall–Kier alpha value is -2.69. The predicted molar refractivity (Wildman–Crippen MR) is 94.7 cm³/mol. The van der Waals surface area contributed by atoms with Gasteiger partial charge in [-0.1, -0.05) is 6.07 Å². The molecular weight excluding hydrogens is 290 g/mol. The molecule has 0 aliphatic heterocycles. The Morgan fingerprint density at radius 2 is 1.70 bits per heavy atom. The fourth-order valence-electron chi connectivity index (χ4n) is 2.14. The van der Waals surface area contributed by atoms with Crippen LogP contribution in [0, 0.1) is 6.92 Å². The van der Waals surface area contributed by atoms with E-state index in [0.717, 1.165) is 28.4 Å². The molecule has 0 fully saturated rings. The number of aryl methyl sites for hydroxylation is 1. The molecule has 0 aliphatic carbocycles. The van der Waals surface area contributed by atoms with Crippen molar-refractivity contribution in [3.63, 3.8) is 0 Å². The highest BCUT2D eigenvalue weighted by atomic mass is 16.5. The van der Waals surface area contributed by atoms with Crippen molar-refractivity contribution in [2.45, 2.75) is 26.8 Å². The minimum absolute atomic E-state index is 0.102. The molecule has 0 saturated carbocycles. The molecular formula is C18H23N3O2. The van der Waals surface area contributed by atoms with Crippen LogP contribution in [0.2, 0.25) is 0 Å². The SMILES string of the molecule is COc1ccc(C)cc1Nc1ccc(NC(=O)NC(C)C)cc1. The van der Waals surface area contributed by atoms with E-state index in [-0.39, 0.29) is 12.1 Å². The number of benzene rings is 2. The van der Waals surface area contributed by atoms with Gasteiger partial charge in [-0.15, -0.1) is 0 Å². The maximum absolute atomic E-state index is 11.7. The minimum atomic E-state index is -0.207. The van der Waals surface area contributed by atoms with Crippen molar-refractivity contribution in [1.29, 1.82) is 0 Å². The van der Waals surface area contributed by atoms with Crippen LogP contribution < -0.4 is 20.7 Å². The number of urea groups is 1. The molecule has 0 bridgehead atoms. The van der Waals surface area contributed by atoms with Gasteiger partial charge in [-0.05, 0) is 62.7 Å². The number of amides is 2. The molecule has 0 saturated heterocycles. The third-order valence-electron chi connectivity index (χ3n) is 3.20. The van der Waals surface area contributed by atoms with Crippen LogP contribution in [-0.2, 0) is 0 Å². The van der Waals surface area contributed by atoms with Gasteiger partial charge in [-0.25, -0.2) is 4.79 Å². The number of anilines is 3. The van der Waals surface area contributed by atoms with Gasteiger partial charge in [-0.3, -0.25) is 0 Å². The lowest BCUT2D eigenvalue weighted by atomic mass is 10.2. The van der Waals surface area contributed by atoms with Gasteiger partial charge in [0.1, 0.15) is 5.75 Å². The molecule has 5 heteroatoms. The molecule has 2 aromatic rings. The second-order valence-corrected chi connectivity index (χ2v) is 5.66. The van der Waals surface area contributed by atoms with Gasteiger partial charge in [0.15, 0.2) is 0 Å². The molecule has 2 amide bonds. The third kappa shape index (κ3) is 4.92. The minimum Gasteiger partial charge on any atom is -0.495 e. The summed E-state index contributed by atoms with van der Waals surface area (Å²) in [7, 11) is 1.65. The zero-order valence-corrected chi connectivity index (χ0v) is 13.9.